The topological polar surface area (TPSA) is 66.7 Å². The molecule has 0 unspecified atom stereocenters. The number of carbonyl (C=O) groups excluding carboxylic acids is 1. The maximum absolute atomic E-state index is 12.9. The molecule has 8 heteroatoms. The van der Waals surface area contributed by atoms with Crippen molar-refractivity contribution in [2.24, 2.45) is 0 Å². The van der Waals surface area contributed by atoms with Crippen molar-refractivity contribution in [3.63, 3.8) is 0 Å². The lowest BCUT2D eigenvalue weighted by Gasteiger charge is -2.35. The largest absolute Gasteiger partial charge is 0.362 e. The summed E-state index contributed by atoms with van der Waals surface area (Å²) in [5.74, 6) is 0.0144. The van der Waals surface area contributed by atoms with Gasteiger partial charge in [-0.1, -0.05) is 40.2 Å². The van der Waals surface area contributed by atoms with Gasteiger partial charge in [-0.25, -0.2) is 0 Å². The molecule has 0 aliphatic carbocycles. The summed E-state index contributed by atoms with van der Waals surface area (Å²) in [7, 11) is 0. The average molecular weight is 472 g/mol. The Morgan fingerprint density at radius 2 is 1.66 bits per heavy atom. The summed E-state index contributed by atoms with van der Waals surface area (Å²) < 4.78 is 1.02. The highest BCUT2D eigenvalue weighted by molar-refractivity contribution is 9.10. The van der Waals surface area contributed by atoms with Crippen LogP contribution in [0.25, 0.3) is 10.4 Å². The van der Waals surface area contributed by atoms with Crippen LogP contribution in [0.1, 0.15) is 9.67 Å². The number of hydrogen-bond acceptors (Lipinski definition) is 5. The molecule has 1 amide bonds. The fourth-order valence-electron chi connectivity index (χ4n) is 3.41. The number of para-hydroxylation sites is 2. The van der Waals surface area contributed by atoms with Gasteiger partial charge in [-0.2, -0.15) is 0 Å². The molecule has 0 saturated carbocycles. The molecule has 1 fully saturated rings. The maximum atomic E-state index is 12.9. The number of amides is 1. The predicted octanol–water partition coefficient (Wildman–Crippen LogP) is 5.05. The summed E-state index contributed by atoms with van der Waals surface area (Å²) in [5.41, 5.74) is 1.79. The van der Waals surface area contributed by atoms with Crippen molar-refractivity contribution < 1.29 is 9.72 Å². The highest BCUT2D eigenvalue weighted by Crippen LogP contribution is 2.31. The molecule has 2 aromatic carbocycles. The van der Waals surface area contributed by atoms with E-state index in [1.807, 2.05) is 46.2 Å². The van der Waals surface area contributed by atoms with Gasteiger partial charge < -0.3 is 9.80 Å². The normalized spacial score (nSPS) is 14.1. The van der Waals surface area contributed by atoms with Crippen LogP contribution in [0.2, 0.25) is 0 Å². The minimum atomic E-state index is -0.359. The molecule has 6 nitrogen and oxygen atoms in total. The molecule has 3 aromatic rings. The molecular weight excluding hydrogens is 454 g/mol. The Kier molecular flexibility index (Phi) is 5.64. The van der Waals surface area contributed by atoms with Crippen molar-refractivity contribution in [3.05, 3.63) is 80.1 Å². The number of nitro groups is 1. The van der Waals surface area contributed by atoms with E-state index in [-0.39, 0.29) is 16.5 Å². The smallest absolute Gasteiger partial charge is 0.292 e. The lowest BCUT2D eigenvalue weighted by molar-refractivity contribution is -0.384. The lowest BCUT2D eigenvalue weighted by atomic mass is 10.2. The van der Waals surface area contributed by atoms with Crippen LogP contribution in [0.4, 0.5) is 11.4 Å². The summed E-state index contributed by atoms with van der Waals surface area (Å²) in [5, 5.41) is 11.3. The Morgan fingerprint density at radius 1 is 0.966 bits per heavy atom. The van der Waals surface area contributed by atoms with Crippen molar-refractivity contribution in [2.45, 2.75) is 0 Å². The summed E-state index contributed by atoms with van der Waals surface area (Å²) in [6.07, 6.45) is 0. The zero-order valence-electron chi connectivity index (χ0n) is 15.5. The van der Waals surface area contributed by atoms with E-state index in [2.05, 4.69) is 15.9 Å². The Labute approximate surface area is 180 Å². The van der Waals surface area contributed by atoms with E-state index in [1.165, 1.54) is 17.4 Å². The number of halogens is 1. The second-order valence-corrected chi connectivity index (χ2v) is 8.70. The molecule has 1 aliphatic heterocycles. The molecule has 148 valence electrons. The van der Waals surface area contributed by atoms with Crippen molar-refractivity contribution in [1.82, 2.24) is 4.90 Å². The van der Waals surface area contributed by atoms with Gasteiger partial charge in [-0.05, 0) is 35.9 Å². The van der Waals surface area contributed by atoms with Crippen molar-refractivity contribution in [3.8, 4) is 10.4 Å². The Morgan fingerprint density at radius 3 is 2.34 bits per heavy atom. The van der Waals surface area contributed by atoms with Crippen molar-refractivity contribution in [1.29, 1.82) is 0 Å². The SMILES string of the molecule is O=C(c1ccc(-c2ccc(Br)cc2)s1)N1CCN(c2ccccc2[N+](=O)[O-])CC1. The van der Waals surface area contributed by atoms with Crippen LogP contribution in [0, 0.1) is 10.1 Å². The van der Waals surface area contributed by atoms with Crippen molar-refractivity contribution >= 4 is 44.5 Å². The average Bonchev–Trinajstić information content (AvgIpc) is 3.24. The second kappa shape index (κ2) is 8.34. The Balaban J connectivity index is 1.43. The van der Waals surface area contributed by atoms with Gasteiger partial charge in [0, 0.05) is 41.6 Å². The van der Waals surface area contributed by atoms with E-state index >= 15 is 0 Å². The first-order chi connectivity index (χ1) is 14.0. The van der Waals surface area contributed by atoms with Gasteiger partial charge >= 0.3 is 0 Å². The standard InChI is InChI=1S/C21H18BrN3O3S/c22-16-7-5-15(6-8-16)19-9-10-20(29-19)21(26)24-13-11-23(12-14-24)17-3-1-2-4-18(17)25(27)28/h1-10H,11-14H2. The second-order valence-electron chi connectivity index (χ2n) is 6.70. The van der Waals surface area contributed by atoms with Gasteiger partial charge in [0.15, 0.2) is 0 Å². The van der Waals surface area contributed by atoms with Crippen LogP contribution in [0.5, 0.6) is 0 Å². The van der Waals surface area contributed by atoms with Crippen LogP contribution in [0.3, 0.4) is 0 Å². The highest BCUT2D eigenvalue weighted by atomic mass is 79.9. The number of nitro benzene ring substituents is 1. The number of hydrogen-bond donors (Lipinski definition) is 0. The van der Waals surface area contributed by atoms with Gasteiger partial charge in [0.25, 0.3) is 11.6 Å². The molecule has 2 heterocycles. The number of piperazine rings is 1. The number of anilines is 1. The Bertz CT molecular complexity index is 1040. The molecule has 29 heavy (non-hydrogen) atoms. The molecule has 0 atom stereocenters. The van der Waals surface area contributed by atoms with Gasteiger partial charge in [0.05, 0.1) is 9.80 Å². The fourth-order valence-corrected chi connectivity index (χ4v) is 4.66. The van der Waals surface area contributed by atoms with Crippen LogP contribution >= 0.6 is 27.3 Å². The van der Waals surface area contributed by atoms with E-state index < -0.39 is 0 Å². The molecule has 4 rings (SSSR count). The molecule has 0 spiro atoms. The van der Waals surface area contributed by atoms with E-state index in [9.17, 15) is 14.9 Å². The molecular formula is C21H18BrN3O3S. The molecule has 1 aromatic heterocycles. The zero-order valence-corrected chi connectivity index (χ0v) is 17.9. The van der Waals surface area contributed by atoms with Crippen LogP contribution in [0.15, 0.2) is 65.1 Å². The summed E-state index contributed by atoms with van der Waals surface area (Å²) in [4.78, 5) is 29.4. The monoisotopic (exact) mass is 471 g/mol. The van der Waals surface area contributed by atoms with Crippen LogP contribution in [-0.4, -0.2) is 41.9 Å². The summed E-state index contributed by atoms with van der Waals surface area (Å²) >= 11 is 4.92. The van der Waals surface area contributed by atoms with E-state index in [0.717, 1.165) is 14.9 Å². The third-order valence-electron chi connectivity index (χ3n) is 4.93. The minimum Gasteiger partial charge on any atom is -0.362 e. The lowest BCUT2D eigenvalue weighted by Crippen LogP contribution is -2.48. The van der Waals surface area contributed by atoms with Crippen LogP contribution < -0.4 is 4.90 Å². The third-order valence-corrected chi connectivity index (χ3v) is 6.58. The molecule has 1 saturated heterocycles. The van der Waals surface area contributed by atoms with E-state index in [4.69, 9.17) is 0 Å². The number of thiophene rings is 1. The van der Waals surface area contributed by atoms with Crippen molar-refractivity contribution in [2.75, 3.05) is 31.1 Å². The number of nitrogens with zero attached hydrogens (tertiary/aromatic N) is 3. The van der Waals surface area contributed by atoms with E-state index in [0.29, 0.717) is 36.7 Å². The molecule has 0 N–H and O–H groups in total. The summed E-state index contributed by atoms with van der Waals surface area (Å²) in [6, 6.07) is 18.6. The summed E-state index contributed by atoms with van der Waals surface area (Å²) in [6.45, 7) is 2.22. The van der Waals surface area contributed by atoms with Gasteiger partial charge in [0.2, 0.25) is 0 Å². The quantitative estimate of drug-likeness (QED) is 0.394. The molecule has 0 bridgehead atoms. The predicted molar refractivity (Wildman–Crippen MR) is 119 cm³/mol. The maximum Gasteiger partial charge on any atom is 0.292 e. The minimum absolute atomic E-state index is 0.0144. The number of rotatable bonds is 4. The van der Waals surface area contributed by atoms with E-state index in [1.54, 1.807) is 18.2 Å². The Hall–Kier alpha value is -2.71. The zero-order chi connectivity index (χ0) is 20.4. The molecule has 0 radical (unpaired) electrons. The first kappa shape index (κ1) is 19.6. The first-order valence-electron chi connectivity index (χ1n) is 9.16. The van der Waals surface area contributed by atoms with Gasteiger partial charge in [0.1, 0.15) is 5.69 Å². The highest BCUT2D eigenvalue weighted by Gasteiger charge is 2.26. The third kappa shape index (κ3) is 4.18. The number of benzene rings is 2. The van der Waals surface area contributed by atoms with Crippen LogP contribution in [-0.2, 0) is 0 Å². The van der Waals surface area contributed by atoms with Gasteiger partial charge in [-0.15, -0.1) is 11.3 Å². The first-order valence-corrected chi connectivity index (χ1v) is 10.8. The molecule has 1 aliphatic rings. The van der Waals surface area contributed by atoms with Gasteiger partial charge in [-0.3, -0.25) is 14.9 Å². The fraction of sp³-hybridized carbons (Fsp3) is 0.190. The number of carbonyl (C=O) groups is 1.